The second-order valence-electron chi connectivity index (χ2n) is 4.99. The highest BCUT2D eigenvalue weighted by Crippen LogP contribution is 2.25. The largest absolute Gasteiger partial charge is 0.494 e. The monoisotopic (exact) mass is 277 g/mol. The molecule has 3 heteroatoms. The zero-order chi connectivity index (χ0) is 15.1. The van der Waals surface area contributed by atoms with Gasteiger partial charge in [-0.05, 0) is 57.1 Å². The molecule has 0 atom stereocenters. The average molecular weight is 277 g/mol. The summed E-state index contributed by atoms with van der Waals surface area (Å²) in [5, 5.41) is 0. The van der Waals surface area contributed by atoms with E-state index < -0.39 is 0 Å². The molecule has 0 fully saturated rings. The van der Waals surface area contributed by atoms with Crippen LogP contribution in [-0.4, -0.2) is 36.9 Å². The van der Waals surface area contributed by atoms with Gasteiger partial charge in [-0.25, -0.2) is 0 Å². The molecule has 0 saturated heterocycles. The van der Waals surface area contributed by atoms with Crippen LogP contribution in [0.25, 0.3) is 0 Å². The normalized spacial score (nSPS) is 10.9. The van der Waals surface area contributed by atoms with Crippen LogP contribution < -0.4 is 4.74 Å². The second kappa shape index (κ2) is 8.05. The minimum absolute atomic E-state index is 0.223. The number of benzene rings is 1. The molecule has 0 saturated carbocycles. The van der Waals surface area contributed by atoms with Crippen molar-refractivity contribution in [2.45, 2.75) is 41.0 Å². The van der Waals surface area contributed by atoms with E-state index in [2.05, 4.69) is 18.7 Å². The lowest BCUT2D eigenvalue weighted by molar-refractivity contribution is 0.0966. The van der Waals surface area contributed by atoms with Crippen LogP contribution in [0.1, 0.15) is 48.7 Å². The van der Waals surface area contributed by atoms with Crippen molar-refractivity contribution in [3.63, 3.8) is 0 Å². The number of nitrogens with zero attached hydrogens (tertiary/aromatic N) is 1. The van der Waals surface area contributed by atoms with E-state index in [-0.39, 0.29) is 5.78 Å². The van der Waals surface area contributed by atoms with Crippen molar-refractivity contribution in [1.29, 1.82) is 0 Å². The molecule has 0 aliphatic carbocycles. The second-order valence-corrected chi connectivity index (χ2v) is 4.99. The first-order valence-corrected chi connectivity index (χ1v) is 7.53. The molecule has 0 spiro atoms. The summed E-state index contributed by atoms with van der Waals surface area (Å²) in [4.78, 5) is 14.6. The number of hydrogen-bond donors (Lipinski definition) is 0. The Balaban J connectivity index is 2.81. The summed E-state index contributed by atoms with van der Waals surface area (Å²) in [6.45, 7) is 13.7. The molecule has 0 heterocycles. The molecule has 0 radical (unpaired) electrons. The van der Waals surface area contributed by atoms with Gasteiger partial charge >= 0.3 is 0 Å². The van der Waals surface area contributed by atoms with Crippen molar-refractivity contribution in [2.24, 2.45) is 0 Å². The van der Waals surface area contributed by atoms with E-state index in [1.807, 2.05) is 32.9 Å². The van der Waals surface area contributed by atoms with E-state index in [9.17, 15) is 4.79 Å². The van der Waals surface area contributed by atoms with Gasteiger partial charge in [-0.15, -0.1) is 0 Å². The molecule has 1 aromatic rings. The van der Waals surface area contributed by atoms with Gasteiger partial charge in [0.2, 0.25) is 0 Å². The Morgan fingerprint density at radius 2 is 1.75 bits per heavy atom. The molecular weight excluding hydrogens is 250 g/mol. The van der Waals surface area contributed by atoms with E-state index in [1.54, 1.807) is 0 Å². The van der Waals surface area contributed by atoms with Gasteiger partial charge in [0, 0.05) is 18.5 Å². The number of rotatable bonds is 8. The van der Waals surface area contributed by atoms with E-state index in [0.29, 0.717) is 13.0 Å². The first kappa shape index (κ1) is 16.7. The molecule has 1 aromatic carbocycles. The molecule has 0 N–H and O–H groups in total. The fraction of sp³-hybridized carbons (Fsp3) is 0.588. The Kier molecular flexibility index (Phi) is 6.73. The Morgan fingerprint density at radius 3 is 2.30 bits per heavy atom. The van der Waals surface area contributed by atoms with Crippen molar-refractivity contribution in [3.05, 3.63) is 28.8 Å². The van der Waals surface area contributed by atoms with Crippen LogP contribution in [0.3, 0.4) is 0 Å². The Labute approximate surface area is 122 Å². The third-order valence-corrected chi connectivity index (χ3v) is 3.89. The molecule has 0 bridgehead atoms. The average Bonchev–Trinajstić information content (AvgIpc) is 2.45. The van der Waals surface area contributed by atoms with E-state index in [4.69, 9.17) is 4.74 Å². The van der Waals surface area contributed by atoms with Crippen LogP contribution in [0.4, 0.5) is 0 Å². The first-order chi connectivity index (χ1) is 9.54. The molecule has 0 aliphatic heterocycles. The van der Waals surface area contributed by atoms with Gasteiger partial charge in [0.15, 0.2) is 5.78 Å². The number of ether oxygens (including phenoxy) is 1. The van der Waals surface area contributed by atoms with Gasteiger partial charge in [-0.1, -0.05) is 13.8 Å². The topological polar surface area (TPSA) is 29.5 Å². The standard InChI is InChI=1S/C17H27NO2/c1-6-18(7-2)12-11-16(19)15-9-10-17(20-8-3)14(5)13(15)4/h9-10H,6-8,11-12H2,1-5H3. The minimum Gasteiger partial charge on any atom is -0.494 e. The first-order valence-electron chi connectivity index (χ1n) is 7.53. The summed E-state index contributed by atoms with van der Waals surface area (Å²) >= 11 is 0. The third-order valence-electron chi connectivity index (χ3n) is 3.89. The van der Waals surface area contributed by atoms with Crippen LogP contribution in [-0.2, 0) is 0 Å². The predicted octanol–water partition coefficient (Wildman–Crippen LogP) is 3.62. The molecule has 1 rings (SSSR count). The Bertz CT molecular complexity index is 451. The van der Waals surface area contributed by atoms with Gasteiger partial charge < -0.3 is 9.64 Å². The summed E-state index contributed by atoms with van der Waals surface area (Å²) in [6, 6.07) is 3.81. The van der Waals surface area contributed by atoms with Crippen LogP contribution in [0.5, 0.6) is 5.75 Å². The van der Waals surface area contributed by atoms with Gasteiger partial charge in [0.1, 0.15) is 5.75 Å². The highest BCUT2D eigenvalue weighted by atomic mass is 16.5. The lowest BCUT2D eigenvalue weighted by atomic mass is 9.97. The summed E-state index contributed by atoms with van der Waals surface area (Å²) in [5.74, 6) is 1.10. The fourth-order valence-corrected chi connectivity index (χ4v) is 2.34. The molecule has 0 amide bonds. The molecule has 0 aromatic heterocycles. The lowest BCUT2D eigenvalue weighted by Crippen LogP contribution is -2.26. The van der Waals surface area contributed by atoms with Crippen LogP contribution in [0.2, 0.25) is 0 Å². The molecule has 3 nitrogen and oxygen atoms in total. The van der Waals surface area contributed by atoms with E-state index >= 15 is 0 Å². The Morgan fingerprint density at radius 1 is 1.10 bits per heavy atom. The molecule has 20 heavy (non-hydrogen) atoms. The van der Waals surface area contributed by atoms with Gasteiger partial charge in [0.05, 0.1) is 6.61 Å². The van der Waals surface area contributed by atoms with Crippen molar-refractivity contribution in [1.82, 2.24) is 4.90 Å². The number of carbonyl (C=O) groups is 1. The molecule has 0 unspecified atom stereocenters. The third kappa shape index (κ3) is 4.07. The molecule has 112 valence electrons. The van der Waals surface area contributed by atoms with Crippen molar-refractivity contribution in [2.75, 3.05) is 26.2 Å². The minimum atomic E-state index is 0.223. The fourth-order valence-electron chi connectivity index (χ4n) is 2.34. The number of Topliss-reactive ketones (excluding diaryl/α,β-unsaturated/α-hetero) is 1. The maximum Gasteiger partial charge on any atom is 0.164 e. The maximum atomic E-state index is 12.4. The molecular formula is C17H27NO2. The van der Waals surface area contributed by atoms with Gasteiger partial charge in [-0.2, -0.15) is 0 Å². The van der Waals surface area contributed by atoms with Crippen molar-refractivity contribution in [3.8, 4) is 5.75 Å². The highest BCUT2D eigenvalue weighted by Gasteiger charge is 2.14. The zero-order valence-corrected chi connectivity index (χ0v) is 13.5. The van der Waals surface area contributed by atoms with Crippen LogP contribution >= 0.6 is 0 Å². The summed E-state index contributed by atoms with van der Waals surface area (Å²) in [6.07, 6.45) is 0.579. The summed E-state index contributed by atoms with van der Waals surface area (Å²) in [7, 11) is 0. The van der Waals surface area contributed by atoms with Crippen molar-refractivity contribution >= 4 is 5.78 Å². The summed E-state index contributed by atoms with van der Waals surface area (Å²) in [5.41, 5.74) is 2.94. The van der Waals surface area contributed by atoms with Gasteiger partial charge in [0.25, 0.3) is 0 Å². The SMILES string of the molecule is CCOc1ccc(C(=O)CCN(CC)CC)c(C)c1C. The van der Waals surface area contributed by atoms with Crippen molar-refractivity contribution < 1.29 is 9.53 Å². The van der Waals surface area contributed by atoms with Crippen LogP contribution in [0, 0.1) is 13.8 Å². The number of carbonyl (C=O) groups excluding carboxylic acids is 1. The van der Waals surface area contributed by atoms with Crippen LogP contribution in [0.15, 0.2) is 12.1 Å². The smallest absolute Gasteiger partial charge is 0.164 e. The quantitative estimate of drug-likeness (QED) is 0.680. The lowest BCUT2D eigenvalue weighted by Gasteiger charge is -2.18. The van der Waals surface area contributed by atoms with E-state index in [1.165, 1.54) is 0 Å². The number of hydrogen-bond acceptors (Lipinski definition) is 3. The highest BCUT2D eigenvalue weighted by molar-refractivity contribution is 5.98. The molecule has 0 aliphatic rings. The van der Waals surface area contributed by atoms with E-state index in [0.717, 1.165) is 42.1 Å². The zero-order valence-electron chi connectivity index (χ0n) is 13.5. The Hall–Kier alpha value is -1.35. The number of ketones is 1. The van der Waals surface area contributed by atoms with Gasteiger partial charge in [-0.3, -0.25) is 4.79 Å². The summed E-state index contributed by atoms with van der Waals surface area (Å²) < 4.78 is 5.57. The maximum absolute atomic E-state index is 12.4. The predicted molar refractivity (Wildman–Crippen MR) is 83.8 cm³/mol.